The van der Waals surface area contributed by atoms with Crippen molar-refractivity contribution in [1.29, 1.82) is 0 Å². The Morgan fingerprint density at radius 3 is 2.42 bits per heavy atom. The Kier molecular flexibility index (Phi) is 5.55. The van der Waals surface area contributed by atoms with E-state index in [9.17, 15) is 14.7 Å². The van der Waals surface area contributed by atoms with Crippen LogP contribution >= 0.6 is 0 Å². The van der Waals surface area contributed by atoms with Crippen LogP contribution in [0.2, 0.25) is 0 Å². The van der Waals surface area contributed by atoms with Gasteiger partial charge in [-0.3, -0.25) is 9.59 Å². The minimum atomic E-state index is -0.902. The van der Waals surface area contributed by atoms with Gasteiger partial charge in [-0.25, -0.2) is 0 Å². The van der Waals surface area contributed by atoms with E-state index >= 15 is 0 Å². The van der Waals surface area contributed by atoms with E-state index in [1.165, 1.54) is 0 Å². The third-order valence-electron chi connectivity index (χ3n) is 3.27. The highest BCUT2D eigenvalue weighted by atomic mass is 16.4. The third kappa shape index (κ3) is 4.39. The average Bonchev–Trinajstić information content (AvgIpc) is 2.43. The quantitative estimate of drug-likeness (QED) is 0.794. The third-order valence-corrected chi connectivity index (χ3v) is 3.27. The zero-order valence-corrected chi connectivity index (χ0v) is 11.5. The van der Waals surface area contributed by atoms with Crippen molar-refractivity contribution in [3.05, 3.63) is 35.9 Å². The summed E-state index contributed by atoms with van der Waals surface area (Å²) in [5, 5.41) is 12.0. The molecule has 0 aliphatic rings. The molecule has 0 heterocycles. The summed E-state index contributed by atoms with van der Waals surface area (Å²) >= 11 is 0. The number of rotatable bonds is 7. The monoisotopic (exact) mass is 263 g/mol. The second-order valence-corrected chi connectivity index (χ2v) is 5.02. The van der Waals surface area contributed by atoms with Crippen LogP contribution < -0.4 is 5.32 Å². The van der Waals surface area contributed by atoms with Gasteiger partial charge < -0.3 is 10.4 Å². The maximum atomic E-state index is 11.9. The van der Waals surface area contributed by atoms with Crippen LogP contribution in [0.25, 0.3) is 0 Å². The summed E-state index contributed by atoms with van der Waals surface area (Å²) in [6, 6.07) is 8.81. The summed E-state index contributed by atoms with van der Waals surface area (Å²) in [6.07, 6.45) is 2.34. The molecule has 19 heavy (non-hydrogen) atoms. The lowest BCUT2D eigenvalue weighted by atomic mass is 9.85. The molecule has 0 bridgehead atoms. The van der Waals surface area contributed by atoms with Gasteiger partial charge in [0.2, 0.25) is 0 Å². The number of aliphatic carboxylic acids is 1. The van der Waals surface area contributed by atoms with Gasteiger partial charge in [-0.2, -0.15) is 0 Å². The minimum Gasteiger partial charge on any atom is -0.481 e. The van der Waals surface area contributed by atoms with E-state index in [2.05, 4.69) is 5.32 Å². The average molecular weight is 263 g/mol. The number of carbonyl (C=O) groups excluding carboxylic acids is 1. The summed E-state index contributed by atoms with van der Waals surface area (Å²) in [4.78, 5) is 23.2. The van der Waals surface area contributed by atoms with Crippen molar-refractivity contribution in [3.8, 4) is 0 Å². The predicted molar refractivity (Wildman–Crippen MR) is 74.0 cm³/mol. The lowest BCUT2D eigenvalue weighted by Crippen LogP contribution is -2.41. The number of unbranched alkanes of at least 4 members (excludes halogenated alkanes) is 1. The summed E-state index contributed by atoms with van der Waals surface area (Å²) < 4.78 is 0. The Morgan fingerprint density at radius 2 is 1.89 bits per heavy atom. The first-order chi connectivity index (χ1) is 8.99. The zero-order valence-electron chi connectivity index (χ0n) is 11.5. The first-order valence-corrected chi connectivity index (χ1v) is 6.56. The fraction of sp³-hybridized carbons (Fsp3) is 0.467. The molecule has 104 valence electrons. The van der Waals surface area contributed by atoms with Crippen molar-refractivity contribution < 1.29 is 14.7 Å². The van der Waals surface area contributed by atoms with Crippen molar-refractivity contribution in [2.75, 3.05) is 6.54 Å². The minimum absolute atomic E-state index is 0.149. The lowest BCUT2D eigenvalue weighted by Gasteiger charge is -2.24. The van der Waals surface area contributed by atoms with Crippen molar-refractivity contribution in [3.63, 3.8) is 0 Å². The van der Waals surface area contributed by atoms with Crippen LogP contribution in [0.1, 0.15) is 43.5 Å². The van der Waals surface area contributed by atoms with E-state index in [4.69, 9.17) is 0 Å². The SMILES string of the molecule is CCCCC(C)(CNC(=O)c1ccccc1)C(=O)O. The van der Waals surface area contributed by atoms with Gasteiger partial charge in [0.1, 0.15) is 0 Å². The van der Waals surface area contributed by atoms with Gasteiger partial charge in [0.15, 0.2) is 0 Å². The molecule has 0 saturated carbocycles. The highest BCUT2D eigenvalue weighted by Gasteiger charge is 2.32. The Morgan fingerprint density at radius 1 is 1.26 bits per heavy atom. The maximum Gasteiger partial charge on any atom is 0.311 e. The van der Waals surface area contributed by atoms with Gasteiger partial charge in [-0.05, 0) is 25.5 Å². The van der Waals surface area contributed by atoms with Crippen LogP contribution in [0.3, 0.4) is 0 Å². The van der Waals surface area contributed by atoms with Crippen LogP contribution in [0.4, 0.5) is 0 Å². The highest BCUT2D eigenvalue weighted by Crippen LogP contribution is 2.23. The van der Waals surface area contributed by atoms with Gasteiger partial charge in [0, 0.05) is 12.1 Å². The standard InChI is InChI=1S/C15H21NO3/c1-3-4-10-15(2,14(18)19)11-16-13(17)12-8-6-5-7-9-12/h5-9H,3-4,10-11H2,1-2H3,(H,16,17)(H,18,19). The van der Waals surface area contributed by atoms with Crippen LogP contribution in [-0.4, -0.2) is 23.5 Å². The van der Waals surface area contributed by atoms with Gasteiger partial charge in [0.25, 0.3) is 5.91 Å². The van der Waals surface area contributed by atoms with Gasteiger partial charge in [-0.15, -0.1) is 0 Å². The number of nitrogens with one attached hydrogen (secondary N) is 1. The van der Waals surface area contributed by atoms with E-state index in [1.54, 1.807) is 31.2 Å². The van der Waals surface area contributed by atoms with Crippen molar-refractivity contribution >= 4 is 11.9 Å². The summed E-state index contributed by atoms with van der Waals surface area (Å²) in [7, 11) is 0. The smallest absolute Gasteiger partial charge is 0.311 e. The first-order valence-electron chi connectivity index (χ1n) is 6.56. The Bertz CT molecular complexity index is 430. The molecule has 0 aliphatic heterocycles. The van der Waals surface area contributed by atoms with Gasteiger partial charge in [0.05, 0.1) is 5.41 Å². The molecule has 0 spiro atoms. The molecule has 1 aromatic carbocycles. The van der Waals surface area contributed by atoms with E-state index < -0.39 is 11.4 Å². The number of amides is 1. The number of carboxylic acids is 1. The number of benzene rings is 1. The molecule has 1 amide bonds. The van der Waals surface area contributed by atoms with Crippen molar-refractivity contribution in [1.82, 2.24) is 5.32 Å². The molecule has 4 nitrogen and oxygen atoms in total. The molecule has 4 heteroatoms. The summed E-state index contributed by atoms with van der Waals surface area (Å²) in [5.41, 5.74) is -0.355. The highest BCUT2D eigenvalue weighted by molar-refractivity contribution is 5.94. The van der Waals surface area contributed by atoms with Crippen molar-refractivity contribution in [2.24, 2.45) is 5.41 Å². The Hall–Kier alpha value is -1.84. The second-order valence-electron chi connectivity index (χ2n) is 5.02. The van der Waals surface area contributed by atoms with E-state index in [1.807, 2.05) is 13.0 Å². The molecule has 1 unspecified atom stereocenters. The fourth-order valence-corrected chi connectivity index (χ4v) is 1.80. The van der Waals surface area contributed by atoms with Crippen LogP contribution in [0.15, 0.2) is 30.3 Å². The van der Waals surface area contributed by atoms with Crippen LogP contribution in [0, 0.1) is 5.41 Å². The summed E-state index contributed by atoms with van der Waals surface area (Å²) in [5.74, 6) is -1.10. The normalized spacial score (nSPS) is 13.6. The molecule has 0 saturated heterocycles. The summed E-state index contributed by atoms with van der Waals surface area (Å²) in [6.45, 7) is 3.84. The fourth-order valence-electron chi connectivity index (χ4n) is 1.80. The molecule has 1 atom stereocenters. The molecule has 2 N–H and O–H groups in total. The lowest BCUT2D eigenvalue weighted by molar-refractivity contribution is -0.148. The molecular weight excluding hydrogens is 242 g/mol. The number of hydrogen-bond donors (Lipinski definition) is 2. The molecule has 1 rings (SSSR count). The topological polar surface area (TPSA) is 66.4 Å². The molecule has 0 fully saturated rings. The van der Waals surface area contributed by atoms with Gasteiger partial charge in [-0.1, -0.05) is 38.0 Å². The molecule has 0 aromatic heterocycles. The molecular formula is C15H21NO3. The van der Waals surface area contributed by atoms with Gasteiger partial charge >= 0.3 is 5.97 Å². The van der Waals surface area contributed by atoms with Crippen molar-refractivity contribution in [2.45, 2.75) is 33.1 Å². The first kappa shape index (κ1) is 15.2. The van der Waals surface area contributed by atoms with E-state index in [-0.39, 0.29) is 12.5 Å². The number of carbonyl (C=O) groups is 2. The largest absolute Gasteiger partial charge is 0.481 e. The molecule has 0 aliphatic carbocycles. The maximum absolute atomic E-state index is 11.9. The van der Waals surface area contributed by atoms with Crippen LogP contribution in [0.5, 0.6) is 0 Å². The Balaban J connectivity index is 2.62. The van der Waals surface area contributed by atoms with Crippen LogP contribution in [-0.2, 0) is 4.79 Å². The molecule has 1 aromatic rings. The van der Waals surface area contributed by atoms with E-state index in [0.29, 0.717) is 12.0 Å². The second kappa shape index (κ2) is 6.92. The predicted octanol–water partition coefficient (Wildman–Crippen LogP) is 2.70. The zero-order chi connectivity index (χ0) is 14.3. The molecule has 0 radical (unpaired) electrons. The van der Waals surface area contributed by atoms with E-state index in [0.717, 1.165) is 12.8 Å². The number of hydrogen-bond acceptors (Lipinski definition) is 2. The number of carboxylic acid groups (broad SMARTS) is 1. The Labute approximate surface area is 113 Å².